The maximum absolute atomic E-state index is 11.4. The van der Waals surface area contributed by atoms with Crippen molar-refractivity contribution in [2.45, 2.75) is 5.37 Å². The zero-order valence-corrected chi connectivity index (χ0v) is 9.55. The van der Waals surface area contributed by atoms with Crippen molar-refractivity contribution in [1.29, 1.82) is 0 Å². The number of carboxylic acids is 1. The van der Waals surface area contributed by atoms with E-state index in [1.807, 2.05) is 0 Å². The lowest BCUT2D eigenvalue weighted by atomic mass is 9.98. The second kappa shape index (κ2) is 3.58. The van der Waals surface area contributed by atoms with Crippen LogP contribution in [0.4, 0.5) is 0 Å². The molecule has 1 N–H and O–H groups in total. The zero-order valence-electron chi connectivity index (χ0n) is 7.14. The topological polar surface area (TPSA) is 57.6 Å². The molecule has 1 fully saturated rings. The number of thioether (sulfide) groups is 1. The minimum absolute atomic E-state index is 0.192. The Hall–Kier alpha value is -0.490. The molecule has 2 aliphatic rings. The first-order chi connectivity index (χ1) is 6.65. The van der Waals surface area contributed by atoms with Crippen molar-refractivity contribution >= 4 is 39.6 Å². The van der Waals surface area contributed by atoms with Gasteiger partial charge in [-0.1, -0.05) is 15.9 Å². The molecule has 0 radical (unpaired) electrons. The number of nitrogens with zero attached hydrogens (tertiary/aromatic N) is 1. The van der Waals surface area contributed by atoms with E-state index >= 15 is 0 Å². The highest BCUT2D eigenvalue weighted by Crippen LogP contribution is 2.40. The summed E-state index contributed by atoms with van der Waals surface area (Å²) in [5, 5.41) is 9.31. The Labute approximate surface area is 93.5 Å². The molecule has 2 atom stereocenters. The van der Waals surface area contributed by atoms with Gasteiger partial charge in [0.1, 0.15) is 5.37 Å². The quantitative estimate of drug-likeness (QED) is 0.463. The number of carbonyl (C=O) groups is 2. The fourth-order valence-electron chi connectivity index (χ4n) is 1.53. The van der Waals surface area contributed by atoms with E-state index in [2.05, 4.69) is 15.9 Å². The van der Waals surface area contributed by atoms with Gasteiger partial charge in [0.2, 0.25) is 5.91 Å². The van der Waals surface area contributed by atoms with Crippen LogP contribution in [-0.4, -0.2) is 38.3 Å². The van der Waals surface area contributed by atoms with Gasteiger partial charge in [0.25, 0.3) is 0 Å². The van der Waals surface area contributed by atoms with E-state index in [0.29, 0.717) is 0 Å². The summed E-state index contributed by atoms with van der Waals surface area (Å²) < 4.78 is 0. The number of hydrogen-bond acceptors (Lipinski definition) is 3. The molecule has 0 aliphatic carbocycles. The Kier molecular flexibility index (Phi) is 2.57. The molecule has 0 aromatic heterocycles. The largest absolute Gasteiger partial charge is 0.481 e. The fraction of sp³-hybridized carbons (Fsp3) is 0.500. The lowest BCUT2D eigenvalue weighted by molar-refractivity contribution is -0.161. The normalized spacial score (nSPS) is 30.5. The van der Waals surface area contributed by atoms with Crippen LogP contribution in [0.3, 0.4) is 0 Å². The molecule has 76 valence electrons. The third-order valence-electron chi connectivity index (χ3n) is 2.28. The van der Waals surface area contributed by atoms with Crippen LogP contribution in [0.15, 0.2) is 11.8 Å². The number of rotatable bonds is 2. The van der Waals surface area contributed by atoms with Gasteiger partial charge in [0, 0.05) is 17.3 Å². The maximum Gasteiger partial charge on any atom is 0.319 e. The SMILES string of the molecule is O=C(O)C1C(=O)N2C=C(CBr)CS[C@H]12. The van der Waals surface area contributed by atoms with Crippen LogP contribution in [0.5, 0.6) is 0 Å². The van der Waals surface area contributed by atoms with Crippen LogP contribution in [0.25, 0.3) is 0 Å². The molecule has 14 heavy (non-hydrogen) atoms. The summed E-state index contributed by atoms with van der Waals surface area (Å²) in [6.45, 7) is 0. The van der Waals surface area contributed by atoms with E-state index in [4.69, 9.17) is 5.11 Å². The van der Waals surface area contributed by atoms with Crippen molar-refractivity contribution in [1.82, 2.24) is 4.90 Å². The fourth-order valence-corrected chi connectivity index (χ4v) is 3.44. The van der Waals surface area contributed by atoms with Crippen molar-refractivity contribution in [2.75, 3.05) is 11.1 Å². The Morgan fingerprint density at radius 2 is 2.50 bits per heavy atom. The molecule has 1 saturated heterocycles. The van der Waals surface area contributed by atoms with Gasteiger partial charge in [0.05, 0.1) is 0 Å². The lowest BCUT2D eigenvalue weighted by Crippen LogP contribution is -2.60. The third-order valence-corrected chi connectivity index (χ3v) is 4.38. The van der Waals surface area contributed by atoms with Crippen molar-refractivity contribution in [3.05, 3.63) is 11.8 Å². The monoisotopic (exact) mass is 277 g/mol. The van der Waals surface area contributed by atoms with Gasteiger partial charge in [-0.05, 0) is 5.57 Å². The van der Waals surface area contributed by atoms with Gasteiger partial charge in [-0.2, -0.15) is 0 Å². The summed E-state index contributed by atoms with van der Waals surface area (Å²) in [5.41, 5.74) is 1.11. The number of aliphatic carboxylic acids is 1. The standard InChI is InChI=1S/C8H8BrNO3S/c9-1-4-2-10-6(11)5(8(12)13)7(10)14-3-4/h2,5,7H,1,3H2,(H,12,13)/t5?,7-/m1/s1. The average Bonchev–Trinajstić information content (AvgIpc) is 2.16. The number of β-lactam (4-membered cyclic amide) rings is 1. The molecule has 0 aromatic carbocycles. The molecule has 2 rings (SSSR count). The molecule has 0 spiro atoms. The van der Waals surface area contributed by atoms with E-state index in [1.54, 1.807) is 6.20 Å². The maximum atomic E-state index is 11.4. The van der Waals surface area contributed by atoms with Gasteiger partial charge < -0.3 is 10.0 Å². The molecular formula is C8H8BrNO3S. The predicted molar refractivity (Wildman–Crippen MR) is 56.1 cm³/mol. The molecule has 6 heteroatoms. The summed E-state index contributed by atoms with van der Waals surface area (Å²) >= 11 is 4.82. The Morgan fingerprint density at radius 3 is 3.07 bits per heavy atom. The van der Waals surface area contributed by atoms with E-state index in [-0.39, 0.29) is 11.3 Å². The number of amides is 1. The third kappa shape index (κ3) is 1.37. The number of carbonyl (C=O) groups excluding carboxylic acids is 1. The Bertz CT molecular complexity index is 331. The molecule has 0 bridgehead atoms. The molecule has 2 aliphatic heterocycles. The number of hydrogen-bond donors (Lipinski definition) is 1. The first-order valence-electron chi connectivity index (χ1n) is 4.07. The molecule has 0 saturated carbocycles. The molecular weight excluding hydrogens is 270 g/mol. The predicted octanol–water partition coefficient (Wildman–Crippen LogP) is 0.881. The van der Waals surface area contributed by atoms with Crippen molar-refractivity contribution in [2.24, 2.45) is 5.92 Å². The van der Waals surface area contributed by atoms with Gasteiger partial charge >= 0.3 is 5.97 Å². The summed E-state index contributed by atoms with van der Waals surface area (Å²) in [6.07, 6.45) is 1.76. The average molecular weight is 278 g/mol. The summed E-state index contributed by atoms with van der Waals surface area (Å²) in [5.74, 6) is -1.36. The Balaban J connectivity index is 2.16. The summed E-state index contributed by atoms with van der Waals surface area (Å²) in [6, 6.07) is 0. The van der Waals surface area contributed by atoms with Crippen LogP contribution in [-0.2, 0) is 9.59 Å². The van der Waals surface area contributed by atoms with Gasteiger partial charge in [-0.3, -0.25) is 9.59 Å². The van der Waals surface area contributed by atoms with E-state index in [1.165, 1.54) is 16.7 Å². The second-order valence-corrected chi connectivity index (χ2v) is 4.85. The highest BCUT2D eigenvalue weighted by molar-refractivity contribution is 9.09. The van der Waals surface area contributed by atoms with Crippen LogP contribution in [0.2, 0.25) is 0 Å². The van der Waals surface area contributed by atoms with E-state index in [0.717, 1.165) is 16.7 Å². The first-order valence-corrected chi connectivity index (χ1v) is 6.24. The smallest absolute Gasteiger partial charge is 0.319 e. The van der Waals surface area contributed by atoms with E-state index < -0.39 is 11.9 Å². The minimum Gasteiger partial charge on any atom is -0.481 e. The highest BCUT2D eigenvalue weighted by atomic mass is 79.9. The highest BCUT2D eigenvalue weighted by Gasteiger charge is 2.52. The number of carboxylic acid groups (broad SMARTS) is 1. The van der Waals surface area contributed by atoms with Crippen LogP contribution in [0.1, 0.15) is 0 Å². The van der Waals surface area contributed by atoms with Crippen LogP contribution >= 0.6 is 27.7 Å². The summed E-state index contributed by atoms with van der Waals surface area (Å²) in [7, 11) is 0. The molecule has 2 heterocycles. The van der Waals surface area contributed by atoms with Gasteiger partial charge in [-0.25, -0.2) is 0 Å². The number of halogens is 1. The lowest BCUT2D eigenvalue weighted by Gasteiger charge is -2.45. The minimum atomic E-state index is -1.01. The molecule has 1 amide bonds. The number of fused-ring (bicyclic) bond motifs is 1. The van der Waals surface area contributed by atoms with Crippen molar-refractivity contribution in [3.8, 4) is 0 Å². The molecule has 4 nitrogen and oxygen atoms in total. The van der Waals surface area contributed by atoms with Crippen LogP contribution < -0.4 is 0 Å². The molecule has 0 aromatic rings. The second-order valence-electron chi connectivity index (χ2n) is 3.18. The van der Waals surface area contributed by atoms with Gasteiger partial charge in [0.15, 0.2) is 5.92 Å². The molecule has 1 unspecified atom stereocenters. The first kappa shape index (κ1) is 10.0. The van der Waals surface area contributed by atoms with Gasteiger partial charge in [-0.15, -0.1) is 11.8 Å². The Morgan fingerprint density at radius 1 is 1.79 bits per heavy atom. The zero-order chi connectivity index (χ0) is 10.3. The number of alkyl halides is 1. The summed E-state index contributed by atoms with van der Waals surface area (Å²) in [4.78, 5) is 23.6. The van der Waals surface area contributed by atoms with E-state index in [9.17, 15) is 9.59 Å². The van der Waals surface area contributed by atoms with Crippen LogP contribution in [0, 0.1) is 5.92 Å². The van der Waals surface area contributed by atoms with Crippen molar-refractivity contribution < 1.29 is 14.7 Å². The van der Waals surface area contributed by atoms with Crippen molar-refractivity contribution in [3.63, 3.8) is 0 Å².